The number of benzene rings is 1. The number of hydrogen-bond acceptors (Lipinski definition) is 5. The van der Waals surface area contributed by atoms with Gasteiger partial charge in [0.05, 0.1) is 17.3 Å². The fraction of sp³-hybridized carbons (Fsp3) is 0.227. The van der Waals surface area contributed by atoms with Crippen molar-refractivity contribution in [1.29, 1.82) is 0 Å². The van der Waals surface area contributed by atoms with Crippen LogP contribution in [0, 0.1) is 13.8 Å². The SMILES string of the molecule is CC.CNC(=O)n1c(C)cc2cc(Oc3ccnn4cc(C(=O)OF)c(C)c34)ccc21. The summed E-state index contributed by atoms with van der Waals surface area (Å²) >= 11 is 0. The number of aromatic nitrogens is 3. The van der Waals surface area contributed by atoms with E-state index < -0.39 is 5.97 Å². The maximum absolute atomic E-state index is 12.4. The van der Waals surface area contributed by atoms with Crippen LogP contribution in [-0.4, -0.2) is 33.2 Å². The van der Waals surface area contributed by atoms with Gasteiger partial charge in [0.1, 0.15) is 11.3 Å². The largest absolute Gasteiger partial charge is 0.455 e. The molecule has 0 saturated carbocycles. The number of fused-ring (bicyclic) bond motifs is 2. The van der Waals surface area contributed by atoms with Crippen LogP contribution in [0.25, 0.3) is 16.4 Å². The molecule has 4 rings (SSSR count). The minimum absolute atomic E-state index is 0.0600. The van der Waals surface area contributed by atoms with Crippen molar-refractivity contribution >= 4 is 28.4 Å². The van der Waals surface area contributed by atoms with Crippen molar-refractivity contribution in [1.82, 2.24) is 19.5 Å². The van der Waals surface area contributed by atoms with E-state index in [4.69, 9.17) is 4.74 Å². The number of carbonyl (C=O) groups is 2. The van der Waals surface area contributed by atoms with Crippen LogP contribution in [0.15, 0.2) is 42.7 Å². The van der Waals surface area contributed by atoms with Gasteiger partial charge in [-0.05, 0) is 43.7 Å². The quantitative estimate of drug-likeness (QED) is 0.501. The predicted molar refractivity (Wildman–Crippen MR) is 114 cm³/mol. The second kappa shape index (κ2) is 8.86. The molecule has 8 nitrogen and oxygen atoms in total. The molecule has 1 amide bonds. The first-order chi connectivity index (χ1) is 14.9. The van der Waals surface area contributed by atoms with Gasteiger partial charge < -0.3 is 10.1 Å². The van der Waals surface area contributed by atoms with Crippen molar-refractivity contribution in [3.63, 3.8) is 0 Å². The Kier molecular flexibility index (Phi) is 6.24. The highest BCUT2D eigenvalue weighted by Gasteiger charge is 2.20. The standard InChI is InChI=1S/C20H17FN4O4.C2H6/c1-11-8-13-9-14(4-5-16(13)25(11)20(27)22-3)28-17-6-7-23-24-10-15(19(26)29-21)12(2)18(17)24;1-2/h4-10H,1-3H3,(H,22,27);1-2H3. The Morgan fingerprint density at radius 2 is 1.87 bits per heavy atom. The number of ether oxygens (including phenoxy) is 1. The number of nitrogens with one attached hydrogen (secondary N) is 1. The summed E-state index contributed by atoms with van der Waals surface area (Å²) in [6.07, 6.45) is 2.90. The van der Waals surface area contributed by atoms with Gasteiger partial charge in [0.15, 0.2) is 5.75 Å². The van der Waals surface area contributed by atoms with Gasteiger partial charge in [-0.15, -0.1) is 0 Å². The molecule has 31 heavy (non-hydrogen) atoms. The lowest BCUT2D eigenvalue weighted by molar-refractivity contribution is -0.0788. The van der Waals surface area contributed by atoms with E-state index in [9.17, 15) is 14.1 Å². The molecular weight excluding hydrogens is 403 g/mol. The van der Waals surface area contributed by atoms with Crippen molar-refractivity contribution in [2.75, 3.05) is 7.05 Å². The highest BCUT2D eigenvalue weighted by atomic mass is 19.3. The Balaban J connectivity index is 0.00000132. The number of carbonyl (C=O) groups excluding carboxylic acids is 2. The van der Waals surface area contributed by atoms with Gasteiger partial charge in [0.2, 0.25) is 0 Å². The zero-order valence-corrected chi connectivity index (χ0v) is 17.9. The van der Waals surface area contributed by atoms with Crippen LogP contribution < -0.4 is 10.1 Å². The van der Waals surface area contributed by atoms with E-state index in [1.165, 1.54) is 16.9 Å². The summed E-state index contributed by atoms with van der Waals surface area (Å²) < 4.78 is 21.4. The van der Waals surface area contributed by atoms with Crippen molar-refractivity contribution in [2.45, 2.75) is 27.7 Å². The number of hydrogen-bond donors (Lipinski definition) is 1. The summed E-state index contributed by atoms with van der Waals surface area (Å²) in [4.78, 5) is 27.1. The van der Waals surface area contributed by atoms with Crippen molar-refractivity contribution in [3.8, 4) is 11.5 Å². The zero-order chi connectivity index (χ0) is 22.7. The molecule has 3 heterocycles. The Hall–Kier alpha value is -3.88. The van der Waals surface area contributed by atoms with Crippen molar-refractivity contribution < 1.29 is 23.8 Å². The lowest BCUT2D eigenvalue weighted by Crippen LogP contribution is -2.25. The Morgan fingerprint density at radius 1 is 1.13 bits per heavy atom. The molecule has 3 aromatic heterocycles. The maximum Gasteiger partial charge on any atom is 0.381 e. The van der Waals surface area contributed by atoms with E-state index >= 15 is 0 Å². The van der Waals surface area contributed by atoms with Gasteiger partial charge in [0, 0.05) is 34.9 Å². The summed E-state index contributed by atoms with van der Waals surface area (Å²) in [7, 11) is 1.58. The van der Waals surface area contributed by atoms with Crippen LogP contribution in [0.4, 0.5) is 9.32 Å². The molecule has 0 saturated heterocycles. The van der Waals surface area contributed by atoms with Gasteiger partial charge in [-0.1, -0.05) is 13.8 Å². The molecule has 1 aromatic carbocycles. The van der Waals surface area contributed by atoms with Crippen LogP contribution in [0.2, 0.25) is 0 Å². The third kappa shape index (κ3) is 3.81. The minimum atomic E-state index is -1.09. The first-order valence-electron chi connectivity index (χ1n) is 9.76. The third-order valence-electron chi connectivity index (χ3n) is 4.78. The number of aryl methyl sites for hydroxylation is 2. The van der Waals surface area contributed by atoms with Crippen LogP contribution in [-0.2, 0) is 4.94 Å². The predicted octanol–water partition coefficient (Wildman–Crippen LogP) is 4.95. The van der Waals surface area contributed by atoms with E-state index in [0.717, 1.165) is 16.6 Å². The monoisotopic (exact) mass is 426 g/mol. The fourth-order valence-electron chi connectivity index (χ4n) is 3.46. The molecule has 0 unspecified atom stereocenters. The normalized spacial score (nSPS) is 10.5. The average molecular weight is 426 g/mol. The Morgan fingerprint density at radius 3 is 2.55 bits per heavy atom. The molecule has 0 radical (unpaired) electrons. The molecule has 0 spiro atoms. The number of rotatable bonds is 3. The van der Waals surface area contributed by atoms with E-state index in [2.05, 4.69) is 15.4 Å². The van der Waals surface area contributed by atoms with Crippen molar-refractivity contribution in [2.24, 2.45) is 0 Å². The van der Waals surface area contributed by atoms with Gasteiger partial charge in [-0.3, -0.25) is 4.57 Å². The summed E-state index contributed by atoms with van der Waals surface area (Å²) in [6.45, 7) is 7.50. The van der Waals surface area contributed by atoms with E-state index in [1.54, 1.807) is 36.7 Å². The molecule has 0 fully saturated rings. The van der Waals surface area contributed by atoms with Gasteiger partial charge in [0.25, 0.3) is 0 Å². The molecule has 9 heteroatoms. The Bertz CT molecular complexity index is 1280. The number of halogens is 1. The van der Waals surface area contributed by atoms with Crippen LogP contribution in [0.1, 0.15) is 35.5 Å². The molecule has 1 N–H and O–H groups in total. The first-order valence-corrected chi connectivity index (χ1v) is 9.76. The molecular formula is C22H23FN4O4. The summed E-state index contributed by atoms with van der Waals surface area (Å²) in [5.41, 5.74) is 2.61. The second-order valence-electron chi connectivity index (χ2n) is 6.52. The third-order valence-corrected chi connectivity index (χ3v) is 4.78. The van der Waals surface area contributed by atoms with Gasteiger partial charge in [-0.25, -0.2) is 19.0 Å². The van der Waals surface area contributed by atoms with E-state index in [0.29, 0.717) is 22.6 Å². The van der Waals surface area contributed by atoms with Crippen LogP contribution in [0.3, 0.4) is 0 Å². The lowest BCUT2D eigenvalue weighted by atomic mass is 10.2. The van der Waals surface area contributed by atoms with E-state index in [1.807, 2.05) is 32.9 Å². The van der Waals surface area contributed by atoms with Crippen LogP contribution in [0.5, 0.6) is 11.5 Å². The fourth-order valence-corrected chi connectivity index (χ4v) is 3.46. The summed E-state index contributed by atoms with van der Waals surface area (Å²) in [5.74, 6) is -0.113. The Labute approximate surface area is 178 Å². The zero-order valence-electron chi connectivity index (χ0n) is 17.9. The summed E-state index contributed by atoms with van der Waals surface area (Å²) in [5, 5.41) is 7.59. The smallest absolute Gasteiger partial charge is 0.381 e. The lowest BCUT2D eigenvalue weighted by Gasteiger charge is -2.09. The molecule has 0 atom stereocenters. The maximum atomic E-state index is 12.4. The molecule has 0 aliphatic rings. The molecule has 0 bridgehead atoms. The number of nitrogens with zero attached hydrogens (tertiary/aromatic N) is 3. The molecule has 0 aliphatic heterocycles. The molecule has 0 aliphatic carbocycles. The second-order valence-corrected chi connectivity index (χ2v) is 6.52. The van der Waals surface area contributed by atoms with Gasteiger partial charge >= 0.3 is 12.0 Å². The highest BCUT2D eigenvalue weighted by molar-refractivity contribution is 5.95. The van der Waals surface area contributed by atoms with E-state index in [-0.39, 0.29) is 11.6 Å². The highest BCUT2D eigenvalue weighted by Crippen LogP contribution is 2.32. The van der Waals surface area contributed by atoms with Gasteiger partial charge in [-0.2, -0.15) is 5.10 Å². The van der Waals surface area contributed by atoms with Crippen LogP contribution >= 0.6 is 0 Å². The van der Waals surface area contributed by atoms with Crippen molar-refractivity contribution in [3.05, 3.63) is 59.5 Å². The first kappa shape index (κ1) is 21.8. The summed E-state index contributed by atoms with van der Waals surface area (Å²) in [6, 6.07) is 8.66. The molecule has 4 aromatic rings. The average Bonchev–Trinajstić information content (AvgIpc) is 3.30. The molecule has 162 valence electrons. The minimum Gasteiger partial charge on any atom is -0.455 e. The number of amides is 1. The topological polar surface area (TPSA) is 86.9 Å².